The fourth-order valence-corrected chi connectivity index (χ4v) is 6.05. The number of hydrogen-bond donors (Lipinski definition) is 4. The number of carbonyl (C=O) groups excluding carboxylic acids is 2. The van der Waals surface area contributed by atoms with E-state index in [0.29, 0.717) is 39.6 Å². The quantitative estimate of drug-likeness (QED) is 0.354. The van der Waals surface area contributed by atoms with Crippen molar-refractivity contribution in [3.05, 3.63) is 44.9 Å². The van der Waals surface area contributed by atoms with E-state index >= 15 is 0 Å². The first-order chi connectivity index (χ1) is 18.1. The summed E-state index contributed by atoms with van der Waals surface area (Å²) >= 11 is 1.23. The van der Waals surface area contributed by atoms with Gasteiger partial charge in [-0.05, 0) is 64.4 Å². The number of likely N-dealkylation sites (N-methyl/N-ethyl adjacent to an activating group) is 1. The van der Waals surface area contributed by atoms with E-state index in [2.05, 4.69) is 25.9 Å². The van der Waals surface area contributed by atoms with Crippen molar-refractivity contribution in [1.82, 2.24) is 30.1 Å². The lowest BCUT2D eigenvalue weighted by Gasteiger charge is -2.41. The Morgan fingerprint density at radius 3 is 2.66 bits per heavy atom. The van der Waals surface area contributed by atoms with Crippen LogP contribution in [0.2, 0.25) is 0 Å². The summed E-state index contributed by atoms with van der Waals surface area (Å²) in [5, 5.41) is 19.9. The van der Waals surface area contributed by atoms with Crippen LogP contribution in [0.5, 0.6) is 0 Å². The molecule has 4 N–H and O–H groups in total. The fourth-order valence-electron chi connectivity index (χ4n) is 5.14. The molecule has 1 saturated carbocycles. The molecule has 2 aliphatic rings. The van der Waals surface area contributed by atoms with Crippen LogP contribution in [0.4, 0.5) is 15.9 Å². The number of halogens is 1. The van der Waals surface area contributed by atoms with E-state index in [0.717, 1.165) is 0 Å². The number of nitrogens with one attached hydrogen (secondary N) is 3. The highest BCUT2D eigenvalue weighted by atomic mass is 32.1. The molecular weight excluding hydrogens is 513 g/mol. The molecule has 0 unspecified atom stereocenters. The largest absolute Gasteiger partial charge is 0.387 e. The third kappa shape index (κ3) is 4.54. The second-order valence-corrected chi connectivity index (χ2v) is 11.3. The molecule has 0 saturated heterocycles. The van der Waals surface area contributed by atoms with Crippen LogP contribution in [0.25, 0.3) is 10.2 Å². The maximum absolute atomic E-state index is 13.8. The third-order valence-corrected chi connectivity index (χ3v) is 8.33. The second kappa shape index (κ2) is 9.71. The van der Waals surface area contributed by atoms with E-state index in [9.17, 15) is 23.9 Å². The topological polar surface area (TPSA) is 141 Å². The third-order valence-electron chi connectivity index (χ3n) is 7.29. The second-order valence-electron chi connectivity index (χ2n) is 10.3. The first-order valence-electron chi connectivity index (χ1n) is 12.4. The van der Waals surface area contributed by atoms with E-state index in [1.807, 2.05) is 19.0 Å². The van der Waals surface area contributed by atoms with E-state index in [1.165, 1.54) is 22.2 Å². The van der Waals surface area contributed by atoms with Crippen molar-refractivity contribution in [3.63, 3.8) is 0 Å². The molecule has 5 rings (SSSR count). The van der Waals surface area contributed by atoms with Gasteiger partial charge >= 0.3 is 0 Å². The molecule has 1 spiro atoms. The van der Waals surface area contributed by atoms with Crippen LogP contribution in [-0.4, -0.2) is 75.8 Å². The molecule has 1 aliphatic heterocycles. The van der Waals surface area contributed by atoms with E-state index in [4.69, 9.17) is 0 Å². The molecule has 202 valence electrons. The molecule has 1 aliphatic carbocycles. The monoisotopic (exact) mass is 543 g/mol. The predicted octanol–water partition coefficient (Wildman–Crippen LogP) is 1.87. The summed E-state index contributed by atoms with van der Waals surface area (Å²) in [6.07, 6.45) is 2.05. The van der Waals surface area contributed by atoms with Gasteiger partial charge in [-0.1, -0.05) is 0 Å². The number of carbonyl (C=O) groups is 2. The van der Waals surface area contributed by atoms with Crippen molar-refractivity contribution >= 4 is 44.9 Å². The van der Waals surface area contributed by atoms with Gasteiger partial charge in [-0.2, -0.15) is 0 Å². The first kappa shape index (κ1) is 26.2. The van der Waals surface area contributed by atoms with Gasteiger partial charge in [0.05, 0.1) is 15.9 Å². The molecule has 0 aromatic carbocycles. The summed E-state index contributed by atoms with van der Waals surface area (Å²) in [4.78, 5) is 50.9. The number of aryl methyl sites for hydroxylation is 1. The molecule has 4 heterocycles. The molecule has 0 radical (unpaired) electrons. The highest BCUT2D eigenvalue weighted by Gasteiger charge is 2.50. The maximum Gasteiger partial charge on any atom is 0.276 e. The minimum Gasteiger partial charge on any atom is -0.387 e. The Hall–Kier alpha value is -3.42. The van der Waals surface area contributed by atoms with Crippen LogP contribution >= 0.6 is 11.3 Å². The van der Waals surface area contributed by atoms with Crippen LogP contribution in [0.3, 0.4) is 0 Å². The molecular formula is C25H30FN7O4S. The van der Waals surface area contributed by atoms with Gasteiger partial charge in [-0.15, -0.1) is 11.3 Å². The number of rotatable bonds is 7. The van der Waals surface area contributed by atoms with Gasteiger partial charge in [0.15, 0.2) is 0 Å². The van der Waals surface area contributed by atoms with Gasteiger partial charge in [0.25, 0.3) is 17.4 Å². The van der Waals surface area contributed by atoms with Crippen LogP contribution in [0.15, 0.2) is 23.3 Å². The number of thiophene rings is 1. The number of aliphatic hydroxyl groups is 1. The Morgan fingerprint density at radius 2 is 1.97 bits per heavy atom. The number of amides is 2. The molecule has 2 amide bonds. The summed E-state index contributed by atoms with van der Waals surface area (Å²) in [7, 11) is 3.85. The van der Waals surface area contributed by atoms with Crippen molar-refractivity contribution in [2.24, 2.45) is 0 Å². The van der Waals surface area contributed by atoms with E-state index in [1.54, 1.807) is 19.1 Å². The van der Waals surface area contributed by atoms with Crippen molar-refractivity contribution < 1.29 is 19.1 Å². The van der Waals surface area contributed by atoms with Crippen LogP contribution < -0.4 is 21.5 Å². The molecule has 0 bridgehead atoms. The Morgan fingerprint density at radius 1 is 1.24 bits per heavy atom. The summed E-state index contributed by atoms with van der Waals surface area (Å²) in [5.74, 6) is -0.229. The van der Waals surface area contributed by atoms with Crippen LogP contribution in [0.1, 0.15) is 51.4 Å². The van der Waals surface area contributed by atoms with Gasteiger partial charge in [0, 0.05) is 13.1 Å². The minimum atomic E-state index is -1.45. The van der Waals surface area contributed by atoms with Gasteiger partial charge < -0.3 is 26.0 Å². The summed E-state index contributed by atoms with van der Waals surface area (Å²) in [6, 6.07) is 3.29. The Bertz CT molecular complexity index is 1480. The highest BCUT2D eigenvalue weighted by Crippen LogP contribution is 2.41. The zero-order chi connectivity index (χ0) is 27.2. The van der Waals surface area contributed by atoms with Crippen LogP contribution in [0, 0.1) is 6.92 Å². The lowest BCUT2D eigenvalue weighted by molar-refractivity contribution is -0.0498. The van der Waals surface area contributed by atoms with Crippen molar-refractivity contribution in [2.45, 2.75) is 43.9 Å². The zero-order valence-electron chi connectivity index (χ0n) is 21.4. The summed E-state index contributed by atoms with van der Waals surface area (Å²) < 4.78 is 14.8. The van der Waals surface area contributed by atoms with Gasteiger partial charge in [-0.25, -0.2) is 14.4 Å². The smallest absolute Gasteiger partial charge is 0.276 e. The summed E-state index contributed by atoms with van der Waals surface area (Å²) in [6.45, 7) is 2.07. The fraction of sp³-hybridized carbons (Fsp3) is 0.480. The maximum atomic E-state index is 13.8. The summed E-state index contributed by atoms with van der Waals surface area (Å²) in [5.41, 5.74) is -1.87. The average molecular weight is 544 g/mol. The first-order valence-corrected chi connectivity index (χ1v) is 13.2. The predicted molar refractivity (Wildman–Crippen MR) is 142 cm³/mol. The Labute approximate surface area is 222 Å². The lowest BCUT2D eigenvalue weighted by Crippen LogP contribution is -2.53. The Kier molecular flexibility index (Phi) is 6.70. The van der Waals surface area contributed by atoms with Crippen molar-refractivity contribution in [3.8, 4) is 0 Å². The minimum absolute atomic E-state index is 0.118. The van der Waals surface area contributed by atoms with Crippen molar-refractivity contribution in [1.29, 1.82) is 0 Å². The molecule has 3 aromatic heterocycles. The molecule has 1 fully saturated rings. The number of nitrogens with zero attached hydrogens (tertiary/aromatic N) is 4. The van der Waals surface area contributed by atoms with Crippen LogP contribution in [-0.2, 0) is 5.66 Å². The number of hydrogen-bond acceptors (Lipinski definition) is 9. The van der Waals surface area contributed by atoms with E-state index < -0.39 is 23.5 Å². The molecule has 11 nitrogen and oxygen atoms in total. The normalized spacial score (nSPS) is 22.6. The number of aromatic nitrogens is 3. The van der Waals surface area contributed by atoms with Crippen molar-refractivity contribution in [2.75, 3.05) is 39.2 Å². The number of anilines is 2. The lowest BCUT2D eigenvalue weighted by atomic mass is 9.79. The van der Waals surface area contributed by atoms with E-state index in [-0.39, 0.29) is 48.9 Å². The Balaban J connectivity index is 1.48. The highest BCUT2D eigenvalue weighted by molar-refractivity contribution is 7.20. The SMILES string of the molecule is Cc1cc(Nc2ncnc3sc(C(=O)NCCN(C)C)cc23)c(=O)n2c1C(=O)NC21CCC(O)(CF)CC1. The number of pyridine rings is 1. The average Bonchev–Trinajstić information content (AvgIpc) is 3.44. The molecule has 0 atom stereocenters. The number of fused-ring (bicyclic) bond motifs is 3. The zero-order valence-corrected chi connectivity index (χ0v) is 22.2. The number of alkyl halides is 1. The van der Waals surface area contributed by atoms with Gasteiger partial charge in [-0.3, -0.25) is 19.0 Å². The standard InChI is InChI=1S/C25H30FN7O4S/c1-14-10-16(23(36)33-18(14)21(35)31-25(33)6-4-24(37,12-26)5-7-25)30-19-15-11-17(38-22(15)29-13-28-19)20(34)27-8-9-32(2)3/h10-11,13,37H,4-9,12H2,1-3H3,(H,27,34)(H,31,35)(H,28,29,30). The molecule has 3 aromatic rings. The molecule has 38 heavy (non-hydrogen) atoms. The molecule has 13 heteroatoms. The van der Waals surface area contributed by atoms with Gasteiger partial charge in [0.1, 0.15) is 40.7 Å². The van der Waals surface area contributed by atoms with Gasteiger partial charge in [0.2, 0.25) is 0 Å².